The van der Waals surface area contributed by atoms with Gasteiger partial charge in [0.1, 0.15) is 5.41 Å². The lowest BCUT2D eigenvalue weighted by molar-refractivity contribution is -0.159. The number of esters is 2. The zero-order chi connectivity index (χ0) is 12.4. The Labute approximate surface area is 98.4 Å². The van der Waals surface area contributed by atoms with Crippen LogP contribution in [0.15, 0.2) is 0 Å². The molecule has 0 bridgehead atoms. The van der Waals surface area contributed by atoms with Gasteiger partial charge in [-0.3, -0.25) is 14.4 Å². The summed E-state index contributed by atoms with van der Waals surface area (Å²) in [5.41, 5.74) is -2.11. The highest BCUT2D eigenvalue weighted by Crippen LogP contribution is 2.84. The second kappa shape index (κ2) is 2.89. The minimum absolute atomic E-state index is 0.0356. The monoisotopic (exact) mass is 238 g/mol. The van der Waals surface area contributed by atoms with E-state index in [0.29, 0.717) is 6.42 Å². The summed E-state index contributed by atoms with van der Waals surface area (Å²) in [5, 5.41) is 0. The van der Waals surface area contributed by atoms with Crippen molar-refractivity contribution in [2.45, 2.75) is 19.3 Å². The van der Waals surface area contributed by atoms with E-state index >= 15 is 0 Å². The molecule has 3 saturated carbocycles. The standard InChI is InChI=1S/C12H14O5/c1-16-9(14)11-6-3-4-7(11)12(11,8(13)5-6)10(15)17-2/h6-7H,3-5H2,1-2H3/t6-,7-,11+,12+/m1/s1. The van der Waals surface area contributed by atoms with E-state index in [4.69, 9.17) is 9.47 Å². The minimum atomic E-state index is -1.21. The molecule has 17 heavy (non-hydrogen) atoms. The number of ketones is 1. The summed E-state index contributed by atoms with van der Waals surface area (Å²) in [6, 6.07) is 0. The fourth-order valence-corrected chi connectivity index (χ4v) is 4.52. The van der Waals surface area contributed by atoms with Crippen molar-refractivity contribution in [1.82, 2.24) is 0 Å². The van der Waals surface area contributed by atoms with Gasteiger partial charge in [0.15, 0.2) is 5.78 Å². The first-order valence-corrected chi connectivity index (χ1v) is 5.78. The molecule has 5 nitrogen and oxygen atoms in total. The molecule has 0 N–H and O–H groups in total. The first kappa shape index (κ1) is 10.7. The lowest BCUT2D eigenvalue weighted by Crippen LogP contribution is -2.34. The molecule has 3 aliphatic rings. The molecular weight excluding hydrogens is 224 g/mol. The molecule has 4 atom stereocenters. The quantitative estimate of drug-likeness (QED) is 0.511. The zero-order valence-electron chi connectivity index (χ0n) is 9.82. The average molecular weight is 238 g/mol. The van der Waals surface area contributed by atoms with Crippen LogP contribution < -0.4 is 0 Å². The van der Waals surface area contributed by atoms with Gasteiger partial charge in [-0.2, -0.15) is 0 Å². The van der Waals surface area contributed by atoms with E-state index in [1.807, 2.05) is 0 Å². The Kier molecular flexibility index (Phi) is 1.83. The molecule has 5 heteroatoms. The summed E-state index contributed by atoms with van der Waals surface area (Å²) in [6.07, 6.45) is 1.87. The van der Waals surface area contributed by atoms with Crippen molar-refractivity contribution < 1.29 is 23.9 Å². The molecule has 0 heterocycles. The van der Waals surface area contributed by atoms with Gasteiger partial charge in [-0.05, 0) is 18.8 Å². The van der Waals surface area contributed by atoms with Crippen LogP contribution in [0, 0.1) is 22.7 Å². The SMILES string of the molecule is COC(=O)[C@@]12C(=O)C[C@H]3CC[C@@H]1[C@]32C(=O)OC. The van der Waals surface area contributed by atoms with Gasteiger partial charge >= 0.3 is 11.9 Å². The first-order chi connectivity index (χ1) is 8.08. The van der Waals surface area contributed by atoms with Gasteiger partial charge in [0, 0.05) is 12.3 Å². The maximum absolute atomic E-state index is 12.1. The summed E-state index contributed by atoms with van der Waals surface area (Å²) in [6.45, 7) is 0. The lowest BCUT2D eigenvalue weighted by atomic mass is 9.88. The van der Waals surface area contributed by atoms with E-state index in [0.717, 1.165) is 12.8 Å². The Balaban J connectivity index is 2.13. The molecule has 0 aromatic rings. The van der Waals surface area contributed by atoms with Gasteiger partial charge in [-0.1, -0.05) is 0 Å². The topological polar surface area (TPSA) is 69.7 Å². The van der Waals surface area contributed by atoms with Crippen LogP contribution in [0.25, 0.3) is 0 Å². The Morgan fingerprint density at radius 1 is 1.18 bits per heavy atom. The van der Waals surface area contributed by atoms with Crippen molar-refractivity contribution >= 4 is 17.7 Å². The summed E-state index contributed by atoms with van der Waals surface area (Å²) < 4.78 is 9.58. The molecule has 0 aromatic carbocycles. The van der Waals surface area contributed by atoms with Crippen LogP contribution in [0.5, 0.6) is 0 Å². The molecule has 3 aliphatic carbocycles. The number of fused-ring (bicyclic) bond motifs is 1. The molecule has 3 fully saturated rings. The first-order valence-electron chi connectivity index (χ1n) is 5.78. The third kappa shape index (κ3) is 0.779. The predicted octanol–water partition coefficient (Wildman–Crippen LogP) is 0.318. The van der Waals surface area contributed by atoms with Gasteiger partial charge in [0.25, 0.3) is 0 Å². The van der Waals surface area contributed by atoms with Gasteiger partial charge in [-0.15, -0.1) is 0 Å². The number of hydrogen-bond donors (Lipinski definition) is 0. The summed E-state index contributed by atoms with van der Waals surface area (Å²) in [4.78, 5) is 36.1. The largest absolute Gasteiger partial charge is 0.469 e. The van der Waals surface area contributed by atoms with Crippen molar-refractivity contribution in [2.75, 3.05) is 14.2 Å². The van der Waals surface area contributed by atoms with Crippen molar-refractivity contribution in [2.24, 2.45) is 22.7 Å². The van der Waals surface area contributed by atoms with E-state index in [1.165, 1.54) is 14.2 Å². The predicted molar refractivity (Wildman–Crippen MR) is 54.7 cm³/mol. The normalized spacial score (nSPS) is 45.4. The van der Waals surface area contributed by atoms with Crippen molar-refractivity contribution in [3.05, 3.63) is 0 Å². The molecule has 3 rings (SSSR count). The highest BCUT2D eigenvalue weighted by Gasteiger charge is 2.95. The maximum Gasteiger partial charge on any atom is 0.320 e. The number of methoxy groups -OCH3 is 2. The fourth-order valence-electron chi connectivity index (χ4n) is 4.52. The Morgan fingerprint density at radius 3 is 2.41 bits per heavy atom. The van der Waals surface area contributed by atoms with E-state index in [9.17, 15) is 14.4 Å². The molecule has 0 amide bonds. The smallest absolute Gasteiger partial charge is 0.320 e. The van der Waals surface area contributed by atoms with Crippen molar-refractivity contribution in [1.29, 1.82) is 0 Å². The number of rotatable bonds is 2. The maximum atomic E-state index is 12.1. The molecule has 0 radical (unpaired) electrons. The van der Waals surface area contributed by atoms with Crippen molar-refractivity contribution in [3.8, 4) is 0 Å². The van der Waals surface area contributed by atoms with Crippen LogP contribution in [0.3, 0.4) is 0 Å². The van der Waals surface area contributed by atoms with Crippen LogP contribution in [-0.2, 0) is 23.9 Å². The lowest BCUT2D eigenvalue weighted by Gasteiger charge is -2.17. The molecule has 0 spiro atoms. The third-order valence-corrected chi connectivity index (χ3v) is 4.99. The Hall–Kier alpha value is -1.39. The van der Waals surface area contributed by atoms with Gasteiger partial charge in [0.05, 0.1) is 19.6 Å². The summed E-state index contributed by atoms with van der Waals surface area (Å²) in [7, 11) is 2.57. The zero-order valence-corrected chi connectivity index (χ0v) is 9.82. The molecule has 92 valence electrons. The Bertz CT molecular complexity index is 432. The fraction of sp³-hybridized carbons (Fsp3) is 0.750. The van der Waals surface area contributed by atoms with Gasteiger partial charge in [-0.25, -0.2) is 0 Å². The van der Waals surface area contributed by atoms with Gasteiger partial charge in [0.2, 0.25) is 0 Å². The molecule has 0 aromatic heterocycles. The minimum Gasteiger partial charge on any atom is -0.469 e. The molecule has 0 aliphatic heterocycles. The van der Waals surface area contributed by atoms with Crippen LogP contribution in [0.1, 0.15) is 19.3 Å². The van der Waals surface area contributed by atoms with Crippen LogP contribution in [0.2, 0.25) is 0 Å². The number of carbonyl (C=O) groups is 3. The van der Waals surface area contributed by atoms with Crippen molar-refractivity contribution in [3.63, 3.8) is 0 Å². The molecule has 0 unspecified atom stereocenters. The van der Waals surface area contributed by atoms with Gasteiger partial charge < -0.3 is 9.47 Å². The summed E-state index contributed by atoms with van der Waals surface area (Å²) >= 11 is 0. The van der Waals surface area contributed by atoms with E-state index in [-0.39, 0.29) is 17.6 Å². The number of carbonyl (C=O) groups excluding carboxylic acids is 3. The molecule has 0 saturated heterocycles. The van der Waals surface area contributed by atoms with Crippen LogP contribution in [0.4, 0.5) is 0 Å². The number of Topliss-reactive ketones (excluding diaryl/α,β-unsaturated/α-hetero) is 1. The highest BCUT2D eigenvalue weighted by atomic mass is 16.5. The average Bonchev–Trinajstić information content (AvgIpc) is 2.74. The van der Waals surface area contributed by atoms with Crippen LogP contribution in [-0.4, -0.2) is 31.9 Å². The molecular formula is C12H14O5. The van der Waals surface area contributed by atoms with E-state index in [2.05, 4.69) is 0 Å². The second-order valence-electron chi connectivity index (χ2n) is 5.11. The third-order valence-electron chi connectivity index (χ3n) is 4.99. The number of ether oxygens (including phenoxy) is 2. The summed E-state index contributed by atoms with van der Waals surface area (Å²) in [5.74, 6) is -1.34. The van der Waals surface area contributed by atoms with E-state index < -0.39 is 22.8 Å². The second-order valence-corrected chi connectivity index (χ2v) is 5.11. The van der Waals surface area contributed by atoms with E-state index in [1.54, 1.807) is 0 Å². The Morgan fingerprint density at radius 2 is 1.82 bits per heavy atom. The highest BCUT2D eigenvalue weighted by molar-refractivity contribution is 6.17. The number of hydrogen-bond acceptors (Lipinski definition) is 5. The van der Waals surface area contributed by atoms with Crippen LogP contribution >= 0.6 is 0 Å².